The van der Waals surface area contributed by atoms with Gasteiger partial charge in [-0.15, -0.1) is 0 Å². The predicted molar refractivity (Wildman–Crippen MR) is 99.5 cm³/mol. The van der Waals surface area contributed by atoms with Crippen molar-refractivity contribution in [3.8, 4) is 5.75 Å². The number of carboxylic acid groups (broad SMARTS) is 1. The van der Waals surface area contributed by atoms with Gasteiger partial charge in [0.15, 0.2) is 0 Å². The molecule has 7 heteroatoms. The van der Waals surface area contributed by atoms with Crippen LogP contribution in [0.5, 0.6) is 5.75 Å². The summed E-state index contributed by atoms with van der Waals surface area (Å²) >= 11 is 0. The van der Waals surface area contributed by atoms with Crippen LogP contribution in [0.4, 0.5) is 4.79 Å². The Bertz CT molecular complexity index is 679. The summed E-state index contributed by atoms with van der Waals surface area (Å²) in [4.78, 5) is 23.7. The van der Waals surface area contributed by atoms with E-state index < -0.39 is 29.5 Å². The zero-order valence-corrected chi connectivity index (χ0v) is 16.7. The van der Waals surface area contributed by atoms with Crippen LogP contribution in [0.3, 0.4) is 0 Å². The van der Waals surface area contributed by atoms with Gasteiger partial charge in [-0.3, -0.25) is 4.90 Å². The second-order valence-corrected chi connectivity index (χ2v) is 8.07. The fourth-order valence-electron chi connectivity index (χ4n) is 2.83. The van der Waals surface area contributed by atoms with Crippen molar-refractivity contribution in [2.45, 2.75) is 71.5 Å². The number of fused-ring (bicyclic) bond motifs is 1. The summed E-state index contributed by atoms with van der Waals surface area (Å²) in [5.41, 5.74) is 0.541. The Kier molecular flexibility index (Phi) is 6.36. The van der Waals surface area contributed by atoms with E-state index in [2.05, 4.69) is 0 Å². The van der Waals surface area contributed by atoms with E-state index in [0.29, 0.717) is 19.6 Å². The molecule has 1 unspecified atom stereocenters. The number of ether oxygens (including phenoxy) is 3. The molecule has 0 aliphatic carbocycles. The molecule has 7 nitrogen and oxygen atoms in total. The molecule has 0 bridgehead atoms. The molecule has 1 N–H and O–H groups in total. The molecule has 0 spiro atoms. The van der Waals surface area contributed by atoms with E-state index in [0.717, 1.165) is 17.7 Å². The SMILES string of the molecule is CC(C)(C)OC(=O)N1CCCC1C(=O)O.CC1(C)OCc2ccccc2O1. The van der Waals surface area contributed by atoms with Crippen LogP contribution < -0.4 is 4.74 Å². The van der Waals surface area contributed by atoms with E-state index in [1.165, 1.54) is 4.90 Å². The van der Waals surface area contributed by atoms with E-state index in [9.17, 15) is 9.59 Å². The van der Waals surface area contributed by atoms with Crippen molar-refractivity contribution in [1.82, 2.24) is 4.90 Å². The van der Waals surface area contributed by atoms with Gasteiger partial charge in [-0.2, -0.15) is 0 Å². The zero-order valence-electron chi connectivity index (χ0n) is 16.7. The number of aliphatic carboxylic acids is 1. The lowest BCUT2D eigenvalue weighted by atomic mass is 10.2. The number of likely N-dealkylation sites (tertiary alicyclic amines) is 1. The summed E-state index contributed by atoms with van der Waals surface area (Å²) in [7, 11) is 0. The van der Waals surface area contributed by atoms with Crippen molar-refractivity contribution in [2.24, 2.45) is 0 Å². The number of carbonyl (C=O) groups excluding carboxylic acids is 1. The molecule has 2 heterocycles. The molecule has 150 valence electrons. The molecule has 1 amide bonds. The standard InChI is InChI=1S/C10H17NO4.C10H12O2/c1-10(2,3)15-9(14)11-6-4-5-7(11)8(12)13;1-10(2)11-7-8-5-3-4-6-9(8)12-10/h7H,4-6H2,1-3H3,(H,12,13);3-6H,7H2,1-2H3. The van der Waals surface area contributed by atoms with Crippen LogP contribution in [-0.4, -0.2) is 46.0 Å². The number of rotatable bonds is 1. The minimum Gasteiger partial charge on any atom is -0.480 e. The van der Waals surface area contributed by atoms with Gasteiger partial charge in [-0.05, 0) is 39.7 Å². The lowest BCUT2D eigenvalue weighted by molar-refractivity contribution is -0.180. The molecule has 1 atom stereocenters. The lowest BCUT2D eigenvalue weighted by Crippen LogP contribution is -2.43. The fraction of sp³-hybridized carbons (Fsp3) is 0.600. The number of carbonyl (C=O) groups is 2. The fourth-order valence-corrected chi connectivity index (χ4v) is 2.83. The average Bonchev–Trinajstić information content (AvgIpc) is 3.03. The van der Waals surface area contributed by atoms with E-state index in [-0.39, 0.29) is 0 Å². The molecular formula is C20H29NO6. The van der Waals surface area contributed by atoms with E-state index in [4.69, 9.17) is 19.3 Å². The molecule has 2 aliphatic heterocycles. The van der Waals surface area contributed by atoms with Crippen LogP contribution in [0.2, 0.25) is 0 Å². The molecule has 1 aromatic carbocycles. The number of amides is 1. The van der Waals surface area contributed by atoms with E-state index >= 15 is 0 Å². The molecule has 1 fully saturated rings. The predicted octanol–water partition coefficient (Wildman–Crippen LogP) is 3.80. The topological polar surface area (TPSA) is 85.3 Å². The summed E-state index contributed by atoms with van der Waals surface area (Å²) in [6.07, 6.45) is 0.692. The van der Waals surface area contributed by atoms with Gasteiger partial charge in [-0.25, -0.2) is 9.59 Å². The lowest BCUT2D eigenvalue weighted by Gasteiger charge is -2.32. The maximum Gasteiger partial charge on any atom is 0.411 e. The van der Waals surface area contributed by atoms with Crippen molar-refractivity contribution in [3.05, 3.63) is 29.8 Å². The highest BCUT2D eigenvalue weighted by Crippen LogP contribution is 2.30. The van der Waals surface area contributed by atoms with Crippen LogP contribution in [0.15, 0.2) is 24.3 Å². The second-order valence-electron chi connectivity index (χ2n) is 8.07. The highest BCUT2D eigenvalue weighted by Gasteiger charge is 2.36. The highest BCUT2D eigenvalue weighted by molar-refractivity contribution is 5.80. The maximum absolute atomic E-state index is 11.6. The van der Waals surface area contributed by atoms with Crippen LogP contribution in [0.25, 0.3) is 0 Å². The maximum atomic E-state index is 11.6. The van der Waals surface area contributed by atoms with Gasteiger partial charge >= 0.3 is 12.1 Å². The monoisotopic (exact) mass is 379 g/mol. The number of hydrogen-bond acceptors (Lipinski definition) is 5. The second kappa shape index (κ2) is 8.17. The van der Waals surface area contributed by atoms with Gasteiger partial charge in [0, 0.05) is 26.0 Å². The van der Waals surface area contributed by atoms with Crippen molar-refractivity contribution >= 4 is 12.1 Å². The summed E-state index contributed by atoms with van der Waals surface area (Å²) in [6.45, 7) is 10.2. The number of hydrogen-bond donors (Lipinski definition) is 1. The first-order chi connectivity index (χ1) is 12.5. The molecular weight excluding hydrogens is 350 g/mol. The van der Waals surface area contributed by atoms with Gasteiger partial charge in [0.05, 0.1) is 6.61 Å². The Balaban J connectivity index is 0.000000198. The molecule has 3 rings (SSSR count). The Morgan fingerprint density at radius 2 is 1.93 bits per heavy atom. The van der Waals surface area contributed by atoms with Gasteiger partial charge in [-0.1, -0.05) is 18.2 Å². The summed E-state index contributed by atoms with van der Waals surface area (Å²) in [5, 5.41) is 8.88. The third kappa shape index (κ3) is 6.13. The molecule has 0 radical (unpaired) electrons. The van der Waals surface area contributed by atoms with Crippen molar-refractivity contribution in [2.75, 3.05) is 6.54 Å². The van der Waals surface area contributed by atoms with Crippen LogP contribution in [0.1, 0.15) is 53.0 Å². The third-order valence-corrected chi connectivity index (χ3v) is 4.07. The normalized spacial score (nSPS) is 20.6. The van der Waals surface area contributed by atoms with Crippen molar-refractivity contribution in [3.63, 3.8) is 0 Å². The first-order valence-electron chi connectivity index (χ1n) is 9.12. The summed E-state index contributed by atoms with van der Waals surface area (Å²) in [5.74, 6) is -0.499. The Labute approximate surface area is 160 Å². The summed E-state index contributed by atoms with van der Waals surface area (Å²) in [6, 6.07) is 7.23. The Morgan fingerprint density at radius 1 is 1.26 bits per heavy atom. The van der Waals surface area contributed by atoms with Gasteiger partial charge in [0.25, 0.3) is 0 Å². The van der Waals surface area contributed by atoms with Gasteiger partial charge in [0.1, 0.15) is 17.4 Å². The van der Waals surface area contributed by atoms with Crippen LogP contribution in [-0.2, 0) is 20.9 Å². The number of para-hydroxylation sites is 1. The van der Waals surface area contributed by atoms with Crippen molar-refractivity contribution in [1.29, 1.82) is 0 Å². The molecule has 0 aromatic heterocycles. The Hall–Kier alpha value is -2.28. The van der Waals surface area contributed by atoms with Crippen LogP contribution in [0, 0.1) is 0 Å². The average molecular weight is 379 g/mol. The van der Waals surface area contributed by atoms with E-state index in [1.54, 1.807) is 20.8 Å². The minimum atomic E-state index is -0.960. The molecule has 0 saturated carbocycles. The largest absolute Gasteiger partial charge is 0.480 e. The molecule has 1 aromatic rings. The first kappa shape index (κ1) is 21.0. The molecule has 27 heavy (non-hydrogen) atoms. The zero-order chi connectivity index (χ0) is 20.2. The molecule has 2 aliphatic rings. The summed E-state index contributed by atoms with van der Waals surface area (Å²) < 4.78 is 16.2. The van der Waals surface area contributed by atoms with Gasteiger partial charge < -0.3 is 19.3 Å². The minimum absolute atomic E-state index is 0.464. The van der Waals surface area contributed by atoms with Gasteiger partial charge in [0.2, 0.25) is 5.79 Å². The smallest absolute Gasteiger partial charge is 0.411 e. The van der Waals surface area contributed by atoms with E-state index in [1.807, 2.05) is 38.1 Å². The van der Waals surface area contributed by atoms with Crippen molar-refractivity contribution < 1.29 is 28.9 Å². The number of nitrogens with zero attached hydrogens (tertiary/aromatic N) is 1. The third-order valence-electron chi connectivity index (χ3n) is 4.07. The first-order valence-corrected chi connectivity index (χ1v) is 9.12. The Morgan fingerprint density at radius 3 is 2.56 bits per heavy atom. The molecule has 1 saturated heterocycles. The quantitative estimate of drug-likeness (QED) is 0.799. The number of benzene rings is 1. The van der Waals surface area contributed by atoms with Crippen LogP contribution >= 0.6 is 0 Å². The number of carboxylic acids is 1. The highest BCUT2D eigenvalue weighted by atomic mass is 16.7.